The van der Waals surface area contributed by atoms with Crippen LogP contribution in [0.2, 0.25) is 0 Å². The number of ether oxygens (including phenoxy) is 3. The van der Waals surface area contributed by atoms with Crippen LogP contribution in [-0.4, -0.2) is 97.4 Å². The highest BCUT2D eigenvalue weighted by molar-refractivity contribution is 6.07. The molecule has 15 heteroatoms. The maximum Gasteiger partial charge on any atom is 0.255 e. The van der Waals surface area contributed by atoms with E-state index in [2.05, 4.69) is 31.2 Å². The van der Waals surface area contributed by atoms with Crippen molar-refractivity contribution in [2.24, 2.45) is 5.73 Å². The number of carbonyl (C=O) groups excluding carboxylic acids is 4. The van der Waals surface area contributed by atoms with Gasteiger partial charge in [0.25, 0.3) is 5.91 Å². The molecule has 4 amide bonds. The van der Waals surface area contributed by atoms with Gasteiger partial charge in [0, 0.05) is 47.4 Å². The number of benzene rings is 2. The van der Waals surface area contributed by atoms with E-state index in [1.807, 2.05) is 24.3 Å². The number of nitrogens with two attached hydrogens (primary N) is 1. The minimum atomic E-state index is -0.773. The highest BCUT2D eigenvalue weighted by Crippen LogP contribution is 2.36. The van der Waals surface area contributed by atoms with E-state index in [0.29, 0.717) is 67.9 Å². The predicted octanol–water partition coefficient (Wildman–Crippen LogP) is 0.629. The van der Waals surface area contributed by atoms with Gasteiger partial charge >= 0.3 is 0 Å². The van der Waals surface area contributed by atoms with Crippen molar-refractivity contribution in [2.45, 2.75) is 25.4 Å². The standard InChI is InChI=1S/C30H36N8O7/c31-17-45-12-11-44-10-9-43-8-7-32-27(40)15-33-24-14-19(36-28-20-3-1-2-4-23(20)34-18-35-28)13-21-22(24)16-38(30(21)42)25-5-6-26(39)37-29(25)41/h1-4,13-14,18,25,33H,5-12,15-17,31H2,(H,32,40)(H,34,35,36)(H,37,39,41). The molecule has 0 radical (unpaired) electrons. The van der Waals surface area contributed by atoms with Gasteiger partial charge in [-0.3, -0.25) is 24.5 Å². The number of anilines is 3. The summed E-state index contributed by atoms with van der Waals surface area (Å²) in [6.07, 6.45) is 1.84. The second-order valence-electron chi connectivity index (χ2n) is 10.3. The molecule has 1 unspecified atom stereocenters. The average Bonchev–Trinajstić information content (AvgIpc) is 3.36. The zero-order chi connectivity index (χ0) is 31.6. The number of para-hydroxylation sites is 1. The number of hydrogen-bond acceptors (Lipinski definition) is 12. The Morgan fingerprint density at radius 1 is 1.02 bits per heavy atom. The van der Waals surface area contributed by atoms with Crippen LogP contribution < -0.4 is 27.0 Å². The van der Waals surface area contributed by atoms with Crippen LogP contribution in [0.5, 0.6) is 0 Å². The van der Waals surface area contributed by atoms with Crippen LogP contribution in [0.4, 0.5) is 17.2 Å². The fraction of sp³-hybridized carbons (Fsp3) is 0.400. The molecule has 0 saturated carbocycles. The first kappa shape index (κ1) is 31.7. The van der Waals surface area contributed by atoms with Crippen LogP contribution in [-0.2, 0) is 35.1 Å². The van der Waals surface area contributed by atoms with Gasteiger partial charge in [0.15, 0.2) is 0 Å². The van der Waals surface area contributed by atoms with E-state index in [1.54, 1.807) is 12.1 Å². The summed E-state index contributed by atoms with van der Waals surface area (Å²) in [6.45, 7) is 2.47. The molecule has 0 aliphatic carbocycles. The van der Waals surface area contributed by atoms with Crippen molar-refractivity contribution in [2.75, 3.05) is 63.5 Å². The Bertz CT molecular complexity index is 1550. The first-order valence-corrected chi connectivity index (χ1v) is 14.7. The van der Waals surface area contributed by atoms with Crippen LogP contribution >= 0.6 is 0 Å². The molecule has 2 aromatic carbocycles. The van der Waals surface area contributed by atoms with Crippen molar-refractivity contribution in [1.29, 1.82) is 0 Å². The van der Waals surface area contributed by atoms with Gasteiger partial charge in [-0.05, 0) is 30.7 Å². The second-order valence-corrected chi connectivity index (χ2v) is 10.3. The maximum absolute atomic E-state index is 13.6. The minimum absolute atomic E-state index is 0.0663. The number of rotatable bonds is 16. The molecular weight excluding hydrogens is 584 g/mol. The highest BCUT2D eigenvalue weighted by atomic mass is 16.5. The summed E-state index contributed by atoms with van der Waals surface area (Å²) in [4.78, 5) is 60.7. The fourth-order valence-electron chi connectivity index (χ4n) is 5.16. The molecule has 15 nitrogen and oxygen atoms in total. The van der Waals surface area contributed by atoms with Gasteiger partial charge in [0.2, 0.25) is 17.7 Å². The molecule has 238 valence electrons. The summed E-state index contributed by atoms with van der Waals surface area (Å²) < 4.78 is 15.8. The number of aromatic nitrogens is 2. The molecule has 5 rings (SSSR count). The number of carbonyl (C=O) groups is 4. The highest BCUT2D eigenvalue weighted by Gasteiger charge is 2.40. The van der Waals surface area contributed by atoms with E-state index in [4.69, 9.17) is 19.9 Å². The van der Waals surface area contributed by atoms with Gasteiger partial charge in [-0.25, -0.2) is 9.97 Å². The van der Waals surface area contributed by atoms with Gasteiger partial charge < -0.3 is 40.8 Å². The van der Waals surface area contributed by atoms with E-state index in [-0.39, 0.29) is 50.4 Å². The SMILES string of the molecule is NCOCCOCCOCCNC(=O)CNc1cc(Nc2ncnc3ccccc23)cc2c1CN(C1CCC(=O)NC1=O)C2=O. The lowest BCUT2D eigenvalue weighted by Crippen LogP contribution is -2.52. The summed E-state index contributed by atoms with van der Waals surface area (Å²) in [7, 11) is 0. The largest absolute Gasteiger partial charge is 0.377 e. The van der Waals surface area contributed by atoms with Crippen molar-refractivity contribution >= 4 is 51.7 Å². The molecule has 1 saturated heterocycles. The van der Waals surface area contributed by atoms with Crippen LogP contribution in [0.25, 0.3) is 10.9 Å². The first-order valence-electron chi connectivity index (χ1n) is 14.7. The van der Waals surface area contributed by atoms with E-state index in [1.165, 1.54) is 11.2 Å². The van der Waals surface area contributed by atoms with Gasteiger partial charge in [-0.2, -0.15) is 0 Å². The van der Waals surface area contributed by atoms with Gasteiger partial charge in [-0.1, -0.05) is 12.1 Å². The molecule has 1 atom stereocenters. The van der Waals surface area contributed by atoms with Gasteiger partial charge in [-0.15, -0.1) is 0 Å². The summed E-state index contributed by atoms with van der Waals surface area (Å²) in [5.74, 6) is -0.915. The number of imide groups is 1. The number of amides is 4. The molecule has 2 aliphatic rings. The van der Waals surface area contributed by atoms with Crippen molar-refractivity contribution < 1.29 is 33.4 Å². The average molecular weight is 621 g/mol. The van der Waals surface area contributed by atoms with Crippen LogP contribution in [0.3, 0.4) is 0 Å². The quantitative estimate of drug-likeness (QED) is 0.0851. The lowest BCUT2D eigenvalue weighted by atomic mass is 10.0. The van der Waals surface area contributed by atoms with Crippen molar-refractivity contribution in [1.82, 2.24) is 25.5 Å². The predicted molar refractivity (Wildman–Crippen MR) is 163 cm³/mol. The number of hydrogen-bond donors (Lipinski definition) is 5. The van der Waals surface area contributed by atoms with E-state index in [0.717, 1.165) is 10.9 Å². The van der Waals surface area contributed by atoms with Crippen LogP contribution in [0.1, 0.15) is 28.8 Å². The lowest BCUT2D eigenvalue weighted by Gasteiger charge is -2.29. The third kappa shape index (κ3) is 8.07. The molecule has 2 aliphatic heterocycles. The van der Waals surface area contributed by atoms with Crippen molar-refractivity contribution in [3.63, 3.8) is 0 Å². The summed E-state index contributed by atoms with van der Waals surface area (Å²) in [5.41, 5.74) is 8.14. The molecule has 45 heavy (non-hydrogen) atoms. The zero-order valence-electron chi connectivity index (χ0n) is 24.7. The monoisotopic (exact) mass is 620 g/mol. The third-order valence-corrected chi connectivity index (χ3v) is 7.33. The zero-order valence-corrected chi connectivity index (χ0v) is 24.7. The fourth-order valence-corrected chi connectivity index (χ4v) is 5.16. The van der Waals surface area contributed by atoms with E-state index < -0.39 is 11.9 Å². The molecule has 1 aromatic heterocycles. The number of nitrogens with one attached hydrogen (secondary N) is 4. The first-order chi connectivity index (χ1) is 21.9. The Kier molecular flexibility index (Phi) is 10.8. The second kappa shape index (κ2) is 15.3. The number of piperidine rings is 1. The topological polar surface area (TPSA) is 199 Å². The number of fused-ring (bicyclic) bond motifs is 2. The Morgan fingerprint density at radius 2 is 1.80 bits per heavy atom. The van der Waals surface area contributed by atoms with Gasteiger partial charge in [0.1, 0.15) is 18.2 Å². The Balaban J connectivity index is 1.25. The molecule has 3 heterocycles. The lowest BCUT2D eigenvalue weighted by molar-refractivity contribution is -0.137. The van der Waals surface area contributed by atoms with Crippen molar-refractivity contribution in [3.05, 3.63) is 53.9 Å². The maximum atomic E-state index is 13.6. The van der Waals surface area contributed by atoms with Crippen LogP contribution in [0.15, 0.2) is 42.7 Å². The van der Waals surface area contributed by atoms with E-state index in [9.17, 15) is 19.2 Å². The van der Waals surface area contributed by atoms with Gasteiger partial charge in [0.05, 0.1) is 51.8 Å². The third-order valence-electron chi connectivity index (χ3n) is 7.33. The summed E-state index contributed by atoms with van der Waals surface area (Å²) in [5, 5.41) is 12.3. The Labute approximate surface area is 259 Å². The molecule has 6 N–H and O–H groups in total. The molecule has 0 spiro atoms. The summed E-state index contributed by atoms with van der Waals surface area (Å²) in [6, 6.07) is 10.3. The normalized spacial score (nSPS) is 16.1. The smallest absolute Gasteiger partial charge is 0.255 e. The number of nitrogens with zero attached hydrogens (tertiary/aromatic N) is 3. The Morgan fingerprint density at radius 3 is 2.60 bits per heavy atom. The minimum Gasteiger partial charge on any atom is -0.377 e. The molecular formula is C30H36N8O7. The molecule has 0 bridgehead atoms. The van der Waals surface area contributed by atoms with Crippen LogP contribution in [0, 0.1) is 0 Å². The Hall–Kier alpha value is -4.70. The molecule has 1 fully saturated rings. The molecule has 3 aromatic rings. The van der Waals surface area contributed by atoms with E-state index >= 15 is 0 Å². The van der Waals surface area contributed by atoms with Crippen molar-refractivity contribution in [3.8, 4) is 0 Å². The summed E-state index contributed by atoms with van der Waals surface area (Å²) >= 11 is 0.